The highest BCUT2D eigenvalue weighted by atomic mass is 32.2. The molecule has 0 atom stereocenters. The van der Waals surface area contributed by atoms with Crippen molar-refractivity contribution in [3.05, 3.63) is 48.0 Å². The van der Waals surface area contributed by atoms with Gasteiger partial charge in [-0.3, -0.25) is 9.45 Å². The first-order chi connectivity index (χ1) is 10.9. The SMILES string of the molecule is Cc1cccc(-c2cc(N3CCNC3=O)ccc2S(=O)(=O)O)c1. The molecule has 6 nitrogen and oxygen atoms in total. The number of benzene rings is 2. The fraction of sp³-hybridized carbons (Fsp3) is 0.188. The van der Waals surface area contributed by atoms with Crippen molar-refractivity contribution in [2.75, 3.05) is 18.0 Å². The lowest BCUT2D eigenvalue weighted by molar-refractivity contribution is 0.252. The van der Waals surface area contributed by atoms with Gasteiger partial charge in [-0.2, -0.15) is 8.42 Å². The summed E-state index contributed by atoms with van der Waals surface area (Å²) in [7, 11) is -4.37. The second-order valence-corrected chi connectivity index (χ2v) is 6.80. The maximum atomic E-state index is 11.8. The molecule has 0 saturated carbocycles. The number of hydrogen-bond acceptors (Lipinski definition) is 3. The highest BCUT2D eigenvalue weighted by molar-refractivity contribution is 7.86. The number of amides is 2. The zero-order chi connectivity index (χ0) is 16.6. The fourth-order valence-electron chi connectivity index (χ4n) is 2.67. The molecule has 23 heavy (non-hydrogen) atoms. The summed E-state index contributed by atoms with van der Waals surface area (Å²) in [4.78, 5) is 13.2. The molecule has 1 saturated heterocycles. The summed E-state index contributed by atoms with van der Waals surface area (Å²) in [5.41, 5.74) is 2.59. The number of carbonyl (C=O) groups is 1. The molecule has 2 amide bonds. The van der Waals surface area contributed by atoms with Gasteiger partial charge in [-0.05, 0) is 30.7 Å². The molecule has 1 heterocycles. The Bertz CT molecular complexity index is 877. The number of urea groups is 1. The highest BCUT2D eigenvalue weighted by Gasteiger charge is 2.24. The minimum Gasteiger partial charge on any atom is -0.336 e. The van der Waals surface area contributed by atoms with Crippen LogP contribution in [0.3, 0.4) is 0 Å². The Labute approximate surface area is 134 Å². The first-order valence-corrected chi connectivity index (χ1v) is 8.54. The van der Waals surface area contributed by atoms with Crippen molar-refractivity contribution in [3.8, 4) is 11.1 Å². The van der Waals surface area contributed by atoms with Gasteiger partial charge in [0.05, 0.1) is 0 Å². The van der Waals surface area contributed by atoms with Crippen LogP contribution in [0.5, 0.6) is 0 Å². The van der Waals surface area contributed by atoms with E-state index in [0.717, 1.165) is 5.56 Å². The standard InChI is InChI=1S/C16H16N2O4S/c1-11-3-2-4-12(9-11)14-10-13(18-8-7-17-16(18)19)5-6-15(14)23(20,21)22/h2-6,9-10H,7-8H2,1H3,(H,17,19)(H,20,21,22). The van der Waals surface area contributed by atoms with Crippen molar-refractivity contribution in [2.45, 2.75) is 11.8 Å². The van der Waals surface area contributed by atoms with Crippen LogP contribution in [-0.2, 0) is 10.1 Å². The predicted molar refractivity (Wildman–Crippen MR) is 87.2 cm³/mol. The second-order valence-electron chi connectivity index (χ2n) is 5.41. The first-order valence-electron chi connectivity index (χ1n) is 7.10. The van der Waals surface area contributed by atoms with Gasteiger partial charge in [0.25, 0.3) is 10.1 Å². The van der Waals surface area contributed by atoms with E-state index in [1.165, 1.54) is 17.0 Å². The first kappa shape index (κ1) is 15.5. The summed E-state index contributed by atoms with van der Waals surface area (Å²) in [6.07, 6.45) is 0. The second kappa shape index (κ2) is 5.68. The molecular weight excluding hydrogens is 316 g/mol. The number of nitrogens with one attached hydrogen (secondary N) is 1. The Morgan fingerprint density at radius 3 is 2.57 bits per heavy atom. The van der Waals surface area contributed by atoms with Gasteiger partial charge < -0.3 is 5.32 Å². The van der Waals surface area contributed by atoms with Crippen molar-refractivity contribution >= 4 is 21.8 Å². The lowest BCUT2D eigenvalue weighted by Crippen LogP contribution is -2.27. The zero-order valence-electron chi connectivity index (χ0n) is 12.5. The molecule has 0 aromatic heterocycles. The van der Waals surface area contributed by atoms with Gasteiger partial charge in [0.15, 0.2) is 0 Å². The molecule has 0 bridgehead atoms. The molecule has 2 aromatic carbocycles. The number of carbonyl (C=O) groups excluding carboxylic acids is 1. The summed E-state index contributed by atoms with van der Waals surface area (Å²) < 4.78 is 32.8. The normalized spacial score (nSPS) is 14.9. The molecule has 3 rings (SSSR count). The molecule has 1 aliphatic heterocycles. The van der Waals surface area contributed by atoms with E-state index in [0.29, 0.717) is 29.9 Å². The Kier molecular flexibility index (Phi) is 3.83. The maximum absolute atomic E-state index is 11.8. The van der Waals surface area contributed by atoms with E-state index < -0.39 is 10.1 Å². The van der Waals surface area contributed by atoms with E-state index in [1.54, 1.807) is 12.1 Å². The zero-order valence-corrected chi connectivity index (χ0v) is 13.3. The third-order valence-corrected chi connectivity index (χ3v) is 4.65. The molecule has 2 N–H and O–H groups in total. The van der Waals surface area contributed by atoms with Crippen LogP contribution in [0.1, 0.15) is 5.56 Å². The van der Waals surface area contributed by atoms with Gasteiger partial charge in [0, 0.05) is 24.3 Å². The van der Waals surface area contributed by atoms with Crippen LogP contribution in [0.2, 0.25) is 0 Å². The van der Waals surface area contributed by atoms with Gasteiger partial charge in [-0.15, -0.1) is 0 Å². The quantitative estimate of drug-likeness (QED) is 0.845. The highest BCUT2D eigenvalue weighted by Crippen LogP contribution is 2.32. The molecule has 2 aromatic rings. The van der Waals surface area contributed by atoms with Crippen molar-refractivity contribution in [2.24, 2.45) is 0 Å². The van der Waals surface area contributed by atoms with Gasteiger partial charge >= 0.3 is 6.03 Å². The maximum Gasteiger partial charge on any atom is 0.321 e. The average Bonchev–Trinajstić information content (AvgIpc) is 2.92. The molecule has 120 valence electrons. The summed E-state index contributed by atoms with van der Waals surface area (Å²) in [5, 5.41) is 2.70. The lowest BCUT2D eigenvalue weighted by atomic mass is 10.0. The number of hydrogen-bond donors (Lipinski definition) is 2. The molecule has 0 aliphatic carbocycles. The third kappa shape index (κ3) is 3.06. The van der Waals surface area contributed by atoms with Crippen molar-refractivity contribution in [3.63, 3.8) is 0 Å². The molecular formula is C16H16N2O4S. The number of anilines is 1. The average molecular weight is 332 g/mol. The Morgan fingerprint density at radius 2 is 1.96 bits per heavy atom. The van der Waals surface area contributed by atoms with Crippen molar-refractivity contribution in [1.82, 2.24) is 5.32 Å². The van der Waals surface area contributed by atoms with Crippen LogP contribution < -0.4 is 10.2 Å². The Hall–Kier alpha value is -2.38. The molecule has 0 spiro atoms. The summed E-state index contributed by atoms with van der Waals surface area (Å²) in [5.74, 6) is 0. The monoisotopic (exact) mass is 332 g/mol. The molecule has 1 aliphatic rings. The van der Waals surface area contributed by atoms with Gasteiger partial charge in [0.2, 0.25) is 0 Å². The minimum atomic E-state index is -4.37. The van der Waals surface area contributed by atoms with Crippen LogP contribution >= 0.6 is 0 Å². The van der Waals surface area contributed by atoms with Gasteiger partial charge in [-0.1, -0.05) is 29.8 Å². The summed E-state index contributed by atoms with van der Waals surface area (Å²) >= 11 is 0. The smallest absolute Gasteiger partial charge is 0.321 e. The number of nitrogens with zero attached hydrogens (tertiary/aromatic N) is 1. The summed E-state index contributed by atoms with van der Waals surface area (Å²) in [6, 6.07) is 11.6. The molecule has 0 radical (unpaired) electrons. The van der Waals surface area contributed by atoms with Crippen LogP contribution in [0.25, 0.3) is 11.1 Å². The number of rotatable bonds is 3. The summed E-state index contributed by atoms with van der Waals surface area (Å²) in [6.45, 7) is 2.95. The fourth-order valence-corrected chi connectivity index (χ4v) is 3.36. The van der Waals surface area contributed by atoms with Crippen LogP contribution in [-0.4, -0.2) is 32.1 Å². The largest absolute Gasteiger partial charge is 0.336 e. The van der Waals surface area contributed by atoms with Crippen LogP contribution in [0, 0.1) is 6.92 Å². The predicted octanol–water partition coefficient (Wildman–Crippen LogP) is 2.44. The molecule has 0 unspecified atom stereocenters. The van der Waals surface area contributed by atoms with Gasteiger partial charge in [-0.25, -0.2) is 4.79 Å². The van der Waals surface area contributed by atoms with E-state index in [4.69, 9.17) is 0 Å². The van der Waals surface area contributed by atoms with E-state index in [1.807, 2.05) is 25.1 Å². The lowest BCUT2D eigenvalue weighted by Gasteiger charge is -2.17. The van der Waals surface area contributed by atoms with E-state index >= 15 is 0 Å². The van der Waals surface area contributed by atoms with E-state index in [-0.39, 0.29) is 10.9 Å². The van der Waals surface area contributed by atoms with Crippen LogP contribution in [0.4, 0.5) is 10.5 Å². The Morgan fingerprint density at radius 1 is 1.17 bits per heavy atom. The van der Waals surface area contributed by atoms with Crippen molar-refractivity contribution in [1.29, 1.82) is 0 Å². The topological polar surface area (TPSA) is 86.7 Å². The minimum absolute atomic E-state index is 0.175. The molecule has 1 fully saturated rings. The van der Waals surface area contributed by atoms with E-state index in [2.05, 4.69) is 5.32 Å². The third-order valence-electron chi connectivity index (χ3n) is 3.74. The van der Waals surface area contributed by atoms with Gasteiger partial charge in [0.1, 0.15) is 4.90 Å². The van der Waals surface area contributed by atoms with Crippen molar-refractivity contribution < 1.29 is 17.8 Å². The molecule has 7 heteroatoms. The van der Waals surface area contributed by atoms with E-state index in [9.17, 15) is 17.8 Å². The van der Waals surface area contributed by atoms with Crippen LogP contribution in [0.15, 0.2) is 47.4 Å². The Balaban J connectivity index is 2.19. The number of aryl methyl sites for hydroxylation is 1.